The predicted molar refractivity (Wildman–Crippen MR) is 75.3 cm³/mol. The first-order valence-corrected chi connectivity index (χ1v) is 6.56. The van der Waals surface area contributed by atoms with E-state index in [0.29, 0.717) is 22.9 Å². The number of likely N-dealkylation sites (N-methyl/N-ethyl adjacent to an activating group) is 1. The second-order valence-corrected chi connectivity index (χ2v) is 4.96. The Morgan fingerprint density at radius 1 is 1.56 bits per heavy atom. The molecule has 7 heteroatoms. The molecule has 0 radical (unpaired) electrons. The summed E-state index contributed by atoms with van der Waals surface area (Å²) < 4.78 is 0.604. The van der Waals surface area contributed by atoms with Crippen LogP contribution >= 0.6 is 15.9 Å². The second-order valence-electron chi connectivity index (χ2n) is 4.15. The highest BCUT2D eigenvalue weighted by molar-refractivity contribution is 9.10. The number of nitrogens with zero attached hydrogens (tertiary/aromatic N) is 3. The van der Waals surface area contributed by atoms with Crippen molar-refractivity contribution in [3.8, 4) is 0 Å². The van der Waals surface area contributed by atoms with Gasteiger partial charge in [-0.25, -0.2) is 4.98 Å². The van der Waals surface area contributed by atoms with E-state index in [1.165, 1.54) is 0 Å². The quantitative estimate of drug-likeness (QED) is 0.797. The zero-order valence-electron chi connectivity index (χ0n) is 10.8. The molecule has 3 N–H and O–H groups in total. The van der Waals surface area contributed by atoms with Gasteiger partial charge in [-0.1, -0.05) is 0 Å². The van der Waals surface area contributed by atoms with E-state index in [-0.39, 0.29) is 18.5 Å². The highest BCUT2D eigenvalue weighted by Gasteiger charge is 2.14. The molecule has 0 saturated carbocycles. The fraction of sp³-hybridized carbons (Fsp3) is 0.545. The van der Waals surface area contributed by atoms with Crippen LogP contribution in [0.4, 0.5) is 11.8 Å². The molecule has 0 aliphatic heterocycles. The normalized spacial score (nSPS) is 10.5. The summed E-state index contributed by atoms with van der Waals surface area (Å²) in [6.45, 7) is 6.61. The highest BCUT2D eigenvalue weighted by Crippen LogP contribution is 2.15. The van der Waals surface area contributed by atoms with E-state index in [1.54, 1.807) is 11.0 Å². The number of hydrogen-bond donors (Lipinski definition) is 2. The Hall–Kier alpha value is -1.37. The lowest BCUT2D eigenvalue weighted by Gasteiger charge is -2.21. The smallest absolute Gasteiger partial charge is 0.239 e. The first-order chi connectivity index (χ1) is 8.42. The van der Waals surface area contributed by atoms with Crippen molar-refractivity contribution in [2.45, 2.75) is 26.8 Å². The molecule has 0 bridgehead atoms. The van der Waals surface area contributed by atoms with E-state index in [9.17, 15) is 4.79 Å². The lowest BCUT2D eigenvalue weighted by atomic mass is 10.4. The Balaban J connectivity index is 2.79. The third-order valence-electron chi connectivity index (χ3n) is 2.15. The summed E-state index contributed by atoms with van der Waals surface area (Å²) in [6.07, 6.45) is 0. The summed E-state index contributed by atoms with van der Waals surface area (Å²) in [6, 6.07) is 1.73. The number of amides is 1. The fourth-order valence-corrected chi connectivity index (χ4v) is 1.82. The molecule has 0 saturated heterocycles. The van der Waals surface area contributed by atoms with Gasteiger partial charge in [0.05, 0.1) is 6.54 Å². The van der Waals surface area contributed by atoms with Crippen LogP contribution in [0.5, 0.6) is 0 Å². The molecular formula is C11H18BrN5O. The first-order valence-electron chi connectivity index (χ1n) is 5.76. The maximum atomic E-state index is 11.7. The minimum absolute atomic E-state index is 0.0611. The number of halogens is 1. The number of nitrogen functional groups attached to an aromatic ring is 1. The highest BCUT2D eigenvalue weighted by atomic mass is 79.9. The van der Waals surface area contributed by atoms with Crippen LogP contribution in [0.1, 0.15) is 20.8 Å². The molecule has 6 nitrogen and oxygen atoms in total. The van der Waals surface area contributed by atoms with Gasteiger partial charge in [-0.15, -0.1) is 0 Å². The number of nitrogens with two attached hydrogens (primary N) is 1. The van der Waals surface area contributed by atoms with Crippen LogP contribution in [0.3, 0.4) is 0 Å². The van der Waals surface area contributed by atoms with Gasteiger partial charge in [0.15, 0.2) is 0 Å². The SMILES string of the molecule is CCN(CC(=O)NC(C)C)c1nc(N)cc(Br)n1. The zero-order chi connectivity index (χ0) is 13.7. The average molecular weight is 316 g/mol. The fourth-order valence-electron chi connectivity index (χ4n) is 1.43. The van der Waals surface area contributed by atoms with Crippen molar-refractivity contribution in [2.75, 3.05) is 23.7 Å². The van der Waals surface area contributed by atoms with E-state index in [2.05, 4.69) is 31.2 Å². The summed E-state index contributed by atoms with van der Waals surface area (Å²) in [4.78, 5) is 21.8. The minimum Gasteiger partial charge on any atom is -0.383 e. The molecule has 0 unspecified atom stereocenters. The molecule has 0 aliphatic carbocycles. The monoisotopic (exact) mass is 315 g/mol. The molecule has 18 heavy (non-hydrogen) atoms. The molecule has 0 aromatic carbocycles. The van der Waals surface area contributed by atoms with Crippen molar-refractivity contribution in [1.82, 2.24) is 15.3 Å². The zero-order valence-corrected chi connectivity index (χ0v) is 12.4. The second kappa shape index (κ2) is 6.53. The molecule has 0 atom stereocenters. The van der Waals surface area contributed by atoms with Crippen LogP contribution < -0.4 is 16.0 Å². The van der Waals surface area contributed by atoms with Gasteiger partial charge in [-0.2, -0.15) is 4.98 Å². The van der Waals surface area contributed by atoms with Gasteiger partial charge in [-0.05, 0) is 36.7 Å². The Bertz CT molecular complexity index is 404. The van der Waals surface area contributed by atoms with Gasteiger partial charge in [-0.3, -0.25) is 4.79 Å². The van der Waals surface area contributed by atoms with Gasteiger partial charge in [0.2, 0.25) is 11.9 Å². The Morgan fingerprint density at radius 3 is 2.72 bits per heavy atom. The summed E-state index contributed by atoms with van der Waals surface area (Å²) in [5.41, 5.74) is 5.66. The molecule has 1 heterocycles. The number of anilines is 2. The van der Waals surface area contributed by atoms with Crippen LogP contribution in [0, 0.1) is 0 Å². The Morgan fingerprint density at radius 2 is 2.22 bits per heavy atom. The van der Waals surface area contributed by atoms with E-state index in [1.807, 2.05) is 20.8 Å². The predicted octanol–water partition coefficient (Wildman–Crippen LogP) is 1.17. The number of rotatable bonds is 5. The Labute approximate surface area is 115 Å². The summed E-state index contributed by atoms with van der Waals surface area (Å²) in [7, 11) is 0. The standard InChI is InChI=1S/C11H18BrN5O/c1-4-17(6-10(18)14-7(2)3)11-15-8(12)5-9(13)16-11/h5,7H,4,6H2,1-3H3,(H,14,18)(H2,13,15,16). The number of carbonyl (C=O) groups is 1. The van der Waals surface area contributed by atoms with E-state index in [0.717, 1.165) is 0 Å². The van der Waals surface area contributed by atoms with Crippen molar-refractivity contribution < 1.29 is 4.79 Å². The molecule has 1 aromatic rings. The van der Waals surface area contributed by atoms with E-state index >= 15 is 0 Å². The van der Waals surface area contributed by atoms with Crippen LogP contribution in [-0.4, -0.2) is 35.0 Å². The topological polar surface area (TPSA) is 84.1 Å². The molecule has 1 aromatic heterocycles. The van der Waals surface area contributed by atoms with Gasteiger partial charge < -0.3 is 16.0 Å². The minimum atomic E-state index is -0.0611. The molecule has 0 fully saturated rings. The molecule has 100 valence electrons. The van der Waals surface area contributed by atoms with Gasteiger partial charge in [0.25, 0.3) is 0 Å². The summed E-state index contributed by atoms with van der Waals surface area (Å²) in [5, 5.41) is 2.83. The lowest BCUT2D eigenvalue weighted by Crippen LogP contribution is -2.40. The molecule has 1 rings (SSSR count). The summed E-state index contributed by atoms with van der Waals surface area (Å²) in [5.74, 6) is 0.756. The van der Waals surface area contributed by atoms with Crippen LogP contribution in [0.15, 0.2) is 10.7 Å². The van der Waals surface area contributed by atoms with Crippen molar-refractivity contribution in [1.29, 1.82) is 0 Å². The van der Waals surface area contributed by atoms with Crippen molar-refractivity contribution in [3.63, 3.8) is 0 Å². The number of hydrogen-bond acceptors (Lipinski definition) is 5. The Kier molecular flexibility index (Phi) is 5.33. The van der Waals surface area contributed by atoms with E-state index in [4.69, 9.17) is 5.73 Å². The average Bonchev–Trinajstić information content (AvgIpc) is 2.23. The van der Waals surface area contributed by atoms with Crippen LogP contribution in [-0.2, 0) is 4.79 Å². The number of carbonyl (C=O) groups excluding carboxylic acids is 1. The third kappa shape index (κ3) is 4.48. The van der Waals surface area contributed by atoms with Gasteiger partial charge >= 0.3 is 0 Å². The van der Waals surface area contributed by atoms with E-state index < -0.39 is 0 Å². The molecule has 1 amide bonds. The largest absolute Gasteiger partial charge is 0.383 e. The van der Waals surface area contributed by atoms with Crippen molar-refractivity contribution in [2.24, 2.45) is 0 Å². The van der Waals surface area contributed by atoms with Gasteiger partial charge in [0.1, 0.15) is 10.4 Å². The molecule has 0 spiro atoms. The maximum absolute atomic E-state index is 11.7. The number of aromatic nitrogens is 2. The van der Waals surface area contributed by atoms with Crippen LogP contribution in [0.25, 0.3) is 0 Å². The molecule has 0 aliphatic rings. The number of nitrogens with one attached hydrogen (secondary N) is 1. The maximum Gasteiger partial charge on any atom is 0.239 e. The van der Waals surface area contributed by atoms with Crippen LogP contribution in [0.2, 0.25) is 0 Å². The van der Waals surface area contributed by atoms with Gasteiger partial charge in [0, 0.05) is 18.7 Å². The van der Waals surface area contributed by atoms with Crippen molar-refractivity contribution >= 4 is 33.6 Å². The first kappa shape index (κ1) is 14.7. The third-order valence-corrected chi connectivity index (χ3v) is 2.56. The molecular weight excluding hydrogens is 298 g/mol. The van der Waals surface area contributed by atoms with Crippen molar-refractivity contribution in [3.05, 3.63) is 10.7 Å². The summed E-state index contributed by atoms with van der Waals surface area (Å²) >= 11 is 3.26. The lowest BCUT2D eigenvalue weighted by molar-refractivity contribution is -0.120.